The minimum Gasteiger partial charge on any atom is -0.355 e. The molecule has 1 saturated heterocycles. The van der Waals surface area contributed by atoms with Crippen LogP contribution in [0.5, 0.6) is 0 Å². The van der Waals surface area contributed by atoms with Gasteiger partial charge in [-0.15, -0.1) is 0 Å². The SMILES string of the molecule is CN(C)C1CCN(CCNC(=O)CCC2Cc3ccccc3NC2=O)CC1. The van der Waals surface area contributed by atoms with Crippen molar-refractivity contribution in [2.24, 2.45) is 5.92 Å². The zero-order valence-corrected chi connectivity index (χ0v) is 16.5. The maximum absolute atomic E-state index is 12.2. The molecule has 2 heterocycles. The Morgan fingerprint density at radius 2 is 2.00 bits per heavy atom. The predicted molar refractivity (Wildman–Crippen MR) is 108 cm³/mol. The summed E-state index contributed by atoms with van der Waals surface area (Å²) in [6.07, 6.45) is 4.11. The Bertz CT molecular complexity index is 653. The van der Waals surface area contributed by atoms with Crippen molar-refractivity contribution in [2.45, 2.75) is 38.1 Å². The lowest BCUT2D eigenvalue weighted by Gasteiger charge is -2.35. The number of amides is 2. The molecule has 27 heavy (non-hydrogen) atoms. The number of para-hydroxylation sites is 1. The number of nitrogens with zero attached hydrogens (tertiary/aromatic N) is 2. The fourth-order valence-corrected chi connectivity index (χ4v) is 4.05. The molecule has 3 rings (SSSR count). The third-order valence-corrected chi connectivity index (χ3v) is 5.87. The smallest absolute Gasteiger partial charge is 0.227 e. The Morgan fingerprint density at radius 1 is 1.26 bits per heavy atom. The molecule has 1 aromatic rings. The second kappa shape index (κ2) is 9.33. The summed E-state index contributed by atoms with van der Waals surface area (Å²) >= 11 is 0. The van der Waals surface area contributed by atoms with Crippen molar-refractivity contribution in [3.63, 3.8) is 0 Å². The first-order chi connectivity index (χ1) is 13.0. The first-order valence-corrected chi connectivity index (χ1v) is 10.1. The third-order valence-electron chi connectivity index (χ3n) is 5.87. The summed E-state index contributed by atoms with van der Waals surface area (Å²) in [5.74, 6) is -0.0363. The second-order valence-corrected chi connectivity index (χ2v) is 7.97. The van der Waals surface area contributed by atoms with Gasteiger partial charge in [-0.3, -0.25) is 9.59 Å². The van der Waals surface area contributed by atoms with E-state index in [0.29, 0.717) is 25.4 Å². The number of hydrogen-bond donors (Lipinski definition) is 2. The molecular weight excluding hydrogens is 340 g/mol. The van der Waals surface area contributed by atoms with E-state index in [2.05, 4.69) is 34.5 Å². The van der Waals surface area contributed by atoms with E-state index < -0.39 is 0 Å². The standard InChI is InChI=1S/C21H32N4O2/c1-24(2)18-9-12-25(13-10-18)14-11-22-20(26)8-7-17-15-16-5-3-4-6-19(16)23-21(17)27/h3-6,17-18H,7-15H2,1-2H3,(H,22,26)(H,23,27). The molecule has 2 amide bonds. The van der Waals surface area contributed by atoms with Gasteiger partial charge >= 0.3 is 0 Å². The van der Waals surface area contributed by atoms with Crippen LogP contribution >= 0.6 is 0 Å². The fraction of sp³-hybridized carbons (Fsp3) is 0.619. The van der Waals surface area contributed by atoms with Gasteiger partial charge in [0.15, 0.2) is 0 Å². The molecule has 0 aliphatic carbocycles. The van der Waals surface area contributed by atoms with Gasteiger partial charge in [0.2, 0.25) is 11.8 Å². The maximum Gasteiger partial charge on any atom is 0.227 e. The Hall–Kier alpha value is -1.92. The van der Waals surface area contributed by atoms with Crippen molar-refractivity contribution in [2.75, 3.05) is 45.6 Å². The molecule has 148 valence electrons. The number of piperidine rings is 1. The Morgan fingerprint density at radius 3 is 2.74 bits per heavy atom. The molecule has 1 aromatic carbocycles. The van der Waals surface area contributed by atoms with E-state index in [-0.39, 0.29) is 17.7 Å². The number of carbonyl (C=O) groups excluding carboxylic acids is 2. The summed E-state index contributed by atoms with van der Waals surface area (Å²) in [4.78, 5) is 29.1. The predicted octanol–water partition coefficient (Wildman–Crippen LogP) is 1.72. The number of benzene rings is 1. The van der Waals surface area contributed by atoms with Gasteiger partial charge < -0.3 is 20.4 Å². The van der Waals surface area contributed by atoms with E-state index in [1.807, 2.05) is 24.3 Å². The summed E-state index contributed by atoms with van der Waals surface area (Å²) in [6, 6.07) is 8.57. The van der Waals surface area contributed by atoms with Crippen LogP contribution in [0.15, 0.2) is 24.3 Å². The normalized spacial score (nSPS) is 21.0. The van der Waals surface area contributed by atoms with Crippen LogP contribution in [0.3, 0.4) is 0 Å². The molecule has 0 bridgehead atoms. The fourth-order valence-electron chi connectivity index (χ4n) is 4.05. The van der Waals surface area contributed by atoms with Gasteiger partial charge in [0.25, 0.3) is 0 Å². The number of hydrogen-bond acceptors (Lipinski definition) is 4. The molecular formula is C21H32N4O2. The van der Waals surface area contributed by atoms with Gasteiger partial charge in [0.1, 0.15) is 0 Å². The van der Waals surface area contributed by atoms with Gasteiger partial charge in [-0.2, -0.15) is 0 Å². The second-order valence-electron chi connectivity index (χ2n) is 7.97. The topological polar surface area (TPSA) is 64.7 Å². The highest BCUT2D eigenvalue weighted by Gasteiger charge is 2.26. The molecule has 6 nitrogen and oxygen atoms in total. The van der Waals surface area contributed by atoms with E-state index in [9.17, 15) is 9.59 Å². The summed E-state index contributed by atoms with van der Waals surface area (Å²) in [5, 5.41) is 5.97. The molecule has 2 N–H and O–H groups in total. The number of carbonyl (C=O) groups is 2. The highest BCUT2D eigenvalue weighted by atomic mass is 16.2. The molecule has 0 radical (unpaired) electrons. The minimum atomic E-state index is -0.115. The Labute approximate surface area is 162 Å². The zero-order valence-electron chi connectivity index (χ0n) is 16.5. The average Bonchev–Trinajstić information content (AvgIpc) is 2.66. The average molecular weight is 373 g/mol. The van der Waals surface area contributed by atoms with Crippen LogP contribution in [0.25, 0.3) is 0 Å². The van der Waals surface area contributed by atoms with E-state index >= 15 is 0 Å². The molecule has 6 heteroatoms. The van der Waals surface area contributed by atoms with E-state index in [1.165, 1.54) is 12.8 Å². The van der Waals surface area contributed by atoms with Crippen LogP contribution in [-0.4, -0.2) is 67.9 Å². The van der Waals surface area contributed by atoms with Gasteiger partial charge in [-0.1, -0.05) is 18.2 Å². The van der Waals surface area contributed by atoms with E-state index in [4.69, 9.17) is 0 Å². The number of rotatable bonds is 7. The van der Waals surface area contributed by atoms with Crippen molar-refractivity contribution >= 4 is 17.5 Å². The Kier molecular flexibility index (Phi) is 6.85. The zero-order chi connectivity index (χ0) is 19.2. The van der Waals surface area contributed by atoms with Crippen LogP contribution in [-0.2, 0) is 16.0 Å². The van der Waals surface area contributed by atoms with Gasteiger partial charge in [-0.25, -0.2) is 0 Å². The Balaban J connectivity index is 1.33. The van der Waals surface area contributed by atoms with Crippen LogP contribution in [0.2, 0.25) is 0 Å². The van der Waals surface area contributed by atoms with Crippen molar-refractivity contribution in [3.05, 3.63) is 29.8 Å². The molecule has 0 aromatic heterocycles. The van der Waals surface area contributed by atoms with Gasteiger partial charge in [0.05, 0.1) is 0 Å². The van der Waals surface area contributed by atoms with E-state index in [0.717, 1.165) is 37.3 Å². The molecule has 0 spiro atoms. The highest BCUT2D eigenvalue weighted by Crippen LogP contribution is 2.27. The molecule has 2 aliphatic heterocycles. The summed E-state index contributed by atoms with van der Waals surface area (Å²) in [6.45, 7) is 3.79. The maximum atomic E-state index is 12.2. The highest BCUT2D eigenvalue weighted by molar-refractivity contribution is 5.96. The quantitative estimate of drug-likeness (QED) is 0.765. The lowest BCUT2D eigenvalue weighted by molar-refractivity contribution is -0.122. The van der Waals surface area contributed by atoms with Crippen LogP contribution < -0.4 is 10.6 Å². The monoisotopic (exact) mass is 372 g/mol. The lowest BCUT2D eigenvalue weighted by Crippen LogP contribution is -2.44. The number of likely N-dealkylation sites (tertiary alicyclic amines) is 1. The van der Waals surface area contributed by atoms with Crippen molar-refractivity contribution < 1.29 is 9.59 Å². The van der Waals surface area contributed by atoms with Gasteiger partial charge in [-0.05, 0) is 64.5 Å². The first kappa shape index (κ1) is 19.8. The van der Waals surface area contributed by atoms with Crippen LogP contribution in [0.1, 0.15) is 31.2 Å². The van der Waals surface area contributed by atoms with Crippen LogP contribution in [0.4, 0.5) is 5.69 Å². The lowest BCUT2D eigenvalue weighted by atomic mass is 9.89. The number of fused-ring (bicyclic) bond motifs is 1. The van der Waals surface area contributed by atoms with Crippen molar-refractivity contribution in [1.82, 2.24) is 15.1 Å². The third kappa shape index (κ3) is 5.53. The molecule has 1 unspecified atom stereocenters. The summed E-state index contributed by atoms with van der Waals surface area (Å²) in [5.41, 5.74) is 2.06. The van der Waals surface area contributed by atoms with E-state index in [1.54, 1.807) is 0 Å². The van der Waals surface area contributed by atoms with Gasteiger partial charge in [0, 0.05) is 37.2 Å². The summed E-state index contributed by atoms with van der Waals surface area (Å²) in [7, 11) is 4.29. The number of nitrogens with one attached hydrogen (secondary N) is 2. The minimum absolute atomic E-state index is 0.0327. The van der Waals surface area contributed by atoms with Crippen LogP contribution in [0, 0.1) is 5.92 Å². The largest absolute Gasteiger partial charge is 0.355 e. The van der Waals surface area contributed by atoms with Crippen molar-refractivity contribution in [1.29, 1.82) is 0 Å². The summed E-state index contributed by atoms with van der Waals surface area (Å²) < 4.78 is 0. The first-order valence-electron chi connectivity index (χ1n) is 10.1. The van der Waals surface area contributed by atoms with Crippen molar-refractivity contribution in [3.8, 4) is 0 Å². The molecule has 1 atom stereocenters. The molecule has 0 saturated carbocycles. The molecule has 1 fully saturated rings. The number of anilines is 1. The molecule has 2 aliphatic rings.